The average molecular weight is 188 g/mol. The van der Waals surface area contributed by atoms with Gasteiger partial charge in [-0.1, -0.05) is 11.6 Å². The smallest absolute Gasteiger partial charge is 0.0482 e. The maximum atomic E-state index is 5.83. The zero-order chi connectivity index (χ0) is 8.43. The van der Waals surface area contributed by atoms with Gasteiger partial charge in [0, 0.05) is 15.6 Å². The van der Waals surface area contributed by atoms with Gasteiger partial charge in [0.25, 0.3) is 0 Å². The van der Waals surface area contributed by atoms with E-state index in [0.29, 0.717) is 0 Å². The van der Waals surface area contributed by atoms with Crippen LogP contribution in [0.3, 0.4) is 0 Å². The molecule has 0 unspecified atom stereocenters. The maximum absolute atomic E-state index is 5.83. The quantitative estimate of drug-likeness (QED) is 0.541. The van der Waals surface area contributed by atoms with E-state index in [1.807, 2.05) is 25.3 Å². The monoisotopic (exact) mass is 187 g/mol. The lowest BCUT2D eigenvalue weighted by molar-refractivity contribution is 1.37. The highest BCUT2D eigenvalue weighted by molar-refractivity contribution is 7.98. The molecule has 0 radical (unpaired) electrons. The molecule has 0 heterocycles. The van der Waals surface area contributed by atoms with E-state index in [1.165, 1.54) is 0 Å². The van der Waals surface area contributed by atoms with Gasteiger partial charge in [-0.3, -0.25) is 0 Å². The van der Waals surface area contributed by atoms with Gasteiger partial charge in [0.15, 0.2) is 0 Å². The summed E-state index contributed by atoms with van der Waals surface area (Å²) in [5.41, 5.74) is 7.66. The van der Waals surface area contributed by atoms with E-state index < -0.39 is 0 Å². The second kappa shape index (κ2) is 3.37. The van der Waals surface area contributed by atoms with E-state index in [1.54, 1.807) is 11.8 Å². The number of nitrogens with two attached hydrogens (primary N) is 1. The van der Waals surface area contributed by atoms with E-state index in [4.69, 9.17) is 17.3 Å². The van der Waals surface area contributed by atoms with Crippen LogP contribution in [0.4, 0.5) is 5.69 Å². The lowest BCUT2D eigenvalue weighted by Gasteiger charge is -2.05. The molecular formula is C8H10ClNS. The Morgan fingerprint density at radius 2 is 2.09 bits per heavy atom. The van der Waals surface area contributed by atoms with Gasteiger partial charge in [0.1, 0.15) is 0 Å². The van der Waals surface area contributed by atoms with Crippen LogP contribution in [-0.4, -0.2) is 6.26 Å². The van der Waals surface area contributed by atoms with E-state index in [0.717, 1.165) is 21.2 Å². The van der Waals surface area contributed by atoms with Crippen LogP contribution < -0.4 is 5.73 Å². The third-order valence-corrected chi connectivity index (χ3v) is 2.53. The number of thioether (sulfide) groups is 1. The van der Waals surface area contributed by atoms with Crippen molar-refractivity contribution in [1.29, 1.82) is 0 Å². The summed E-state index contributed by atoms with van der Waals surface area (Å²) in [6.45, 7) is 1.96. The number of rotatable bonds is 1. The molecule has 0 spiro atoms. The Morgan fingerprint density at radius 3 is 2.64 bits per heavy atom. The minimum Gasteiger partial charge on any atom is -0.398 e. The number of aryl methyl sites for hydroxylation is 1. The predicted molar refractivity (Wildman–Crippen MR) is 52.4 cm³/mol. The summed E-state index contributed by atoms with van der Waals surface area (Å²) >= 11 is 7.45. The summed E-state index contributed by atoms with van der Waals surface area (Å²) in [6, 6.07) is 3.76. The number of benzene rings is 1. The van der Waals surface area contributed by atoms with Gasteiger partial charge in [-0.05, 0) is 30.9 Å². The van der Waals surface area contributed by atoms with Gasteiger partial charge < -0.3 is 5.73 Å². The largest absolute Gasteiger partial charge is 0.398 e. The predicted octanol–water partition coefficient (Wildman–Crippen LogP) is 2.95. The highest BCUT2D eigenvalue weighted by atomic mass is 35.5. The zero-order valence-electron chi connectivity index (χ0n) is 6.52. The van der Waals surface area contributed by atoms with Gasteiger partial charge >= 0.3 is 0 Å². The Labute approximate surface area is 75.9 Å². The summed E-state index contributed by atoms with van der Waals surface area (Å²) in [6.07, 6.45) is 1.99. The molecule has 0 aliphatic rings. The summed E-state index contributed by atoms with van der Waals surface area (Å²) in [7, 11) is 0. The normalized spacial score (nSPS) is 10.1. The minimum absolute atomic E-state index is 0.751. The minimum atomic E-state index is 0.751. The Kier molecular flexibility index (Phi) is 2.68. The van der Waals surface area contributed by atoms with Crippen LogP contribution in [0.25, 0.3) is 0 Å². The third kappa shape index (κ3) is 1.82. The molecule has 0 fully saturated rings. The summed E-state index contributed by atoms with van der Waals surface area (Å²) in [5.74, 6) is 0. The van der Waals surface area contributed by atoms with Crippen LogP contribution in [0.2, 0.25) is 5.02 Å². The first-order valence-corrected chi connectivity index (χ1v) is 4.85. The molecule has 0 saturated carbocycles. The van der Waals surface area contributed by atoms with E-state index in [-0.39, 0.29) is 0 Å². The van der Waals surface area contributed by atoms with E-state index in [9.17, 15) is 0 Å². The number of hydrogen-bond acceptors (Lipinski definition) is 2. The maximum Gasteiger partial charge on any atom is 0.0482 e. The van der Waals surface area contributed by atoms with E-state index >= 15 is 0 Å². The molecule has 60 valence electrons. The van der Waals surface area contributed by atoms with Crippen LogP contribution >= 0.6 is 23.4 Å². The molecule has 0 aliphatic carbocycles. The molecule has 1 aromatic carbocycles. The lowest BCUT2D eigenvalue weighted by Crippen LogP contribution is -1.91. The zero-order valence-corrected chi connectivity index (χ0v) is 8.09. The standard InChI is InChI=1S/C8H10ClNS/c1-5-3-6(9)4-7(11-2)8(5)10/h3-4H,10H2,1-2H3. The molecule has 0 amide bonds. The van der Waals surface area contributed by atoms with Gasteiger partial charge in [-0.15, -0.1) is 11.8 Å². The first-order valence-electron chi connectivity index (χ1n) is 3.24. The van der Waals surface area contributed by atoms with Crippen molar-refractivity contribution >= 4 is 29.1 Å². The molecule has 0 saturated heterocycles. The number of halogens is 1. The first kappa shape index (κ1) is 8.75. The second-order valence-corrected chi connectivity index (χ2v) is 3.62. The van der Waals surface area contributed by atoms with Gasteiger partial charge in [-0.25, -0.2) is 0 Å². The summed E-state index contributed by atoms with van der Waals surface area (Å²) in [4.78, 5) is 1.05. The Morgan fingerprint density at radius 1 is 1.45 bits per heavy atom. The SMILES string of the molecule is CSc1cc(Cl)cc(C)c1N. The van der Waals surface area contributed by atoms with Crippen molar-refractivity contribution in [3.63, 3.8) is 0 Å². The fraction of sp³-hybridized carbons (Fsp3) is 0.250. The Balaban J connectivity index is 3.24. The molecule has 0 atom stereocenters. The summed E-state index contributed by atoms with van der Waals surface area (Å²) in [5, 5.41) is 0.751. The van der Waals surface area contributed by atoms with Crippen molar-refractivity contribution in [3.8, 4) is 0 Å². The van der Waals surface area contributed by atoms with Crippen LogP contribution in [0.1, 0.15) is 5.56 Å². The van der Waals surface area contributed by atoms with Crippen molar-refractivity contribution in [3.05, 3.63) is 22.7 Å². The van der Waals surface area contributed by atoms with Crippen molar-refractivity contribution in [2.45, 2.75) is 11.8 Å². The molecule has 1 rings (SSSR count). The number of nitrogen functional groups attached to an aromatic ring is 1. The lowest BCUT2D eigenvalue weighted by atomic mass is 10.2. The summed E-state index contributed by atoms with van der Waals surface area (Å²) < 4.78 is 0. The van der Waals surface area contributed by atoms with Gasteiger partial charge in [-0.2, -0.15) is 0 Å². The van der Waals surface area contributed by atoms with Gasteiger partial charge in [0.2, 0.25) is 0 Å². The van der Waals surface area contributed by atoms with Crippen LogP contribution in [-0.2, 0) is 0 Å². The fourth-order valence-electron chi connectivity index (χ4n) is 0.892. The van der Waals surface area contributed by atoms with Crippen molar-refractivity contribution in [2.24, 2.45) is 0 Å². The van der Waals surface area contributed by atoms with Crippen LogP contribution in [0, 0.1) is 6.92 Å². The topological polar surface area (TPSA) is 26.0 Å². The van der Waals surface area contributed by atoms with Crippen LogP contribution in [0.15, 0.2) is 17.0 Å². The molecular weight excluding hydrogens is 178 g/mol. The molecule has 0 aliphatic heterocycles. The number of anilines is 1. The van der Waals surface area contributed by atoms with Crippen molar-refractivity contribution in [2.75, 3.05) is 12.0 Å². The Bertz CT molecular complexity index is 273. The van der Waals surface area contributed by atoms with Crippen molar-refractivity contribution in [1.82, 2.24) is 0 Å². The highest BCUT2D eigenvalue weighted by Gasteiger charge is 2.01. The molecule has 0 bridgehead atoms. The molecule has 1 aromatic rings. The van der Waals surface area contributed by atoms with Crippen LogP contribution in [0.5, 0.6) is 0 Å². The Hall–Kier alpha value is -0.340. The first-order chi connectivity index (χ1) is 5.15. The van der Waals surface area contributed by atoms with Crippen molar-refractivity contribution < 1.29 is 0 Å². The average Bonchev–Trinajstić information content (AvgIpc) is 1.96. The van der Waals surface area contributed by atoms with Gasteiger partial charge in [0.05, 0.1) is 0 Å². The molecule has 2 N–H and O–H groups in total. The second-order valence-electron chi connectivity index (χ2n) is 2.34. The third-order valence-electron chi connectivity index (χ3n) is 1.53. The van der Waals surface area contributed by atoms with E-state index in [2.05, 4.69) is 0 Å². The molecule has 11 heavy (non-hydrogen) atoms. The molecule has 0 aromatic heterocycles. The molecule has 1 nitrogen and oxygen atoms in total. The highest BCUT2D eigenvalue weighted by Crippen LogP contribution is 2.29. The fourth-order valence-corrected chi connectivity index (χ4v) is 1.86. The molecule has 3 heteroatoms. The number of hydrogen-bond donors (Lipinski definition) is 1.